The van der Waals surface area contributed by atoms with Gasteiger partial charge < -0.3 is 15.0 Å². The van der Waals surface area contributed by atoms with Gasteiger partial charge in [-0.25, -0.2) is 0 Å². The average Bonchev–Trinajstić information content (AvgIpc) is 2.61. The standard InChI is InChI=1S/C18H32N2O7/c1-2-3-4-5-6-9-12-17(22)16(20(26)27)14-18(23)15(19(24)25)11-8-7-10-13-21/h6,9,13,15-18,22-23H,2-5,7-8,10-12,14H2,1H3. The van der Waals surface area contributed by atoms with E-state index in [9.17, 15) is 35.2 Å². The lowest BCUT2D eigenvalue weighted by molar-refractivity contribution is -0.554. The minimum Gasteiger partial charge on any atom is -0.386 e. The summed E-state index contributed by atoms with van der Waals surface area (Å²) in [4.78, 5) is 31.3. The third-order valence-electron chi connectivity index (χ3n) is 4.50. The Labute approximate surface area is 159 Å². The van der Waals surface area contributed by atoms with Gasteiger partial charge in [-0.3, -0.25) is 20.2 Å². The van der Waals surface area contributed by atoms with Crippen LogP contribution >= 0.6 is 0 Å². The van der Waals surface area contributed by atoms with Gasteiger partial charge in [0.1, 0.15) is 18.5 Å². The van der Waals surface area contributed by atoms with E-state index in [0.29, 0.717) is 19.1 Å². The number of aliphatic hydroxyl groups is 2. The second kappa shape index (κ2) is 15.2. The number of unbranched alkanes of at least 4 members (excludes halogenated alkanes) is 5. The summed E-state index contributed by atoms with van der Waals surface area (Å²) in [6, 6.07) is -2.83. The molecule has 0 aliphatic carbocycles. The van der Waals surface area contributed by atoms with Gasteiger partial charge in [0.2, 0.25) is 12.1 Å². The summed E-state index contributed by atoms with van der Waals surface area (Å²) in [6.07, 6.45) is 6.12. The molecule has 0 saturated carbocycles. The van der Waals surface area contributed by atoms with Crippen LogP contribution in [0.25, 0.3) is 0 Å². The zero-order chi connectivity index (χ0) is 20.7. The van der Waals surface area contributed by atoms with E-state index in [-0.39, 0.29) is 19.3 Å². The number of nitrogens with zero attached hydrogens (tertiary/aromatic N) is 2. The number of nitro groups is 2. The summed E-state index contributed by atoms with van der Waals surface area (Å²) < 4.78 is 0. The molecular formula is C18H32N2O7. The van der Waals surface area contributed by atoms with Gasteiger partial charge in [-0.1, -0.05) is 31.9 Å². The average molecular weight is 388 g/mol. The second-order valence-electron chi connectivity index (χ2n) is 6.73. The fourth-order valence-corrected chi connectivity index (χ4v) is 2.83. The maximum Gasteiger partial charge on any atom is 0.241 e. The van der Waals surface area contributed by atoms with Crippen molar-refractivity contribution in [1.29, 1.82) is 0 Å². The molecule has 0 heterocycles. The van der Waals surface area contributed by atoms with Crippen LogP contribution in [0.15, 0.2) is 12.2 Å². The van der Waals surface area contributed by atoms with Crippen molar-refractivity contribution in [1.82, 2.24) is 0 Å². The van der Waals surface area contributed by atoms with E-state index in [4.69, 9.17) is 0 Å². The smallest absolute Gasteiger partial charge is 0.241 e. The Balaban J connectivity index is 4.66. The van der Waals surface area contributed by atoms with Crippen LogP contribution in [-0.4, -0.2) is 50.6 Å². The van der Waals surface area contributed by atoms with Gasteiger partial charge >= 0.3 is 0 Å². The molecule has 0 aromatic rings. The topological polar surface area (TPSA) is 144 Å². The van der Waals surface area contributed by atoms with E-state index in [1.54, 1.807) is 6.08 Å². The maximum atomic E-state index is 11.2. The Kier molecular flexibility index (Phi) is 14.2. The molecule has 0 spiro atoms. The monoisotopic (exact) mass is 388 g/mol. The van der Waals surface area contributed by atoms with Crippen LogP contribution in [0, 0.1) is 20.2 Å². The van der Waals surface area contributed by atoms with E-state index < -0.39 is 40.6 Å². The van der Waals surface area contributed by atoms with E-state index in [0.717, 1.165) is 25.7 Å². The summed E-state index contributed by atoms with van der Waals surface area (Å²) >= 11 is 0. The number of carbonyl (C=O) groups is 1. The molecule has 0 aromatic heterocycles. The molecule has 9 nitrogen and oxygen atoms in total. The molecule has 0 amide bonds. The summed E-state index contributed by atoms with van der Waals surface area (Å²) in [5.74, 6) is 0. The van der Waals surface area contributed by atoms with Gasteiger partial charge in [-0.2, -0.15) is 0 Å². The van der Waals surface area contributed by atoms with Crippen molar-refractivity contribution in [3.63, 3.8) is 0 Å². The molecule has 0 bridgehead atoms. The third-order valence-corrected chi connectivity index (χ3v) is 4.50. The minimum atomic E-state index is -1.53. The van der Waals surface area contributed by atoms with Crippen molar-refractivity contribution in [3.8, 4) is 0 Å². The first kappa shape index (κ1) is 25.1. The highest BCUT2D eigenvalue weighted by molar-refractivity contribution is 5.48. The minimum absolute atomic E-state index is 0.0276. The lowest BCUT2D eigenvalue weighted by atomic mass is 9.95. The lowest BCUT2D eigenvalue weighted by Crippen LogP contribution is -2.42. The Hall–Kier alpha value is -1.87. The molecular weight excluding hydrogens is 356 g/mol. The van der Waals surface area contributed by atoms with E-state index in [1.165, 1.54) is 0 Å². The number of rotatable bonds is 17. The van der Waals surface area contributed by atoms with Gasteiger partial charge in [-0.15, -0.1) is 0 Å². The van der Waals surface area contributed by atoms with Crippen LogP contribution in [0.3, 0.4) is 0 Å². The first-order valence-corrected chi connectivity index (χ1v) is 9.56. The molecule has 0 aliphatic rings. The first-order valence-electron chi connectivity index (χ1n) is 9.56. The summed E-state index contributed by atoms with van der Waals surface area (Å²) in [5.41, 5.74) is 0. The highest BCUT2D eigenvalue weighted by Gasteiger charge is 2.38. The van der Waals surface area contributed by atoms with Gasteiger partial charge in [0.15, 0.2) is 0 Å². The Bertz CT molecular complexity index is 471. The van der Waals surface area contributed by atoms with Crippen molar-refractivity contribution in [2.24, 2.45) is 0 Å². The number of hydrogen-bond acceptors (Lipinski definition) is 7. The summed E-state index contributed by atoms with van der Waals surface area (Å²) in [7, 11) is 0. The zero-order valence-corrected chi connectivity index (χ0v) is 15.9. The van der Waals surface area contributed by atoms with Crippen LogP contribution in [-0.2, 0) is 4.79 Å². The van der Waals surface area contributed by atoms with Crippen molar-refractivity contribution >= 4 is 6.29 Å². The van der Waals surface area contributed by atoms with Crippen LogP contribution in [0.4, 0.5) is 0 Å². The number of aliphatic hydroxyl groups excluding tert-OH is 2. The molecule has 27 heavy (non-hydrogen) atoms. The Morgan fingerprint density at radius 3 is 2.07 bits per heavy atom. The first-order chi connectivity index (χ1) is 12.8. The summed E-state index contributed by atoms with van der Waals surface area (Å²) in [5, 5.41) is 42.6. The van der Waals surface area contributed by atoms with Crippen LogP contribution < -0.4 is 0 Å². The molecule has 156 valence electrons. The molecule has 4 unspecified atom stereocenters. The van der Waals surface area contributed by atoms with Gasteiger partial charge in [0.05, 0.1) is 6.42 Å². The van der Waals surface area contributed by atoms with Crippen LogP contribution in [0.1, 0.15) is 71.1 Å². The highest BCUT2D eigenvalue weighted by Crippen LogP contribution is 2.18. The van der Waals surface area contributed by atoms with Crippen molar-refractivity contribution in [2.45, 2.75) is 95.4 Å². The van der Waals surface area contributed by atoms with Gasteiger partial charge in [0, 0.05) is 22.7 Å². The van der Waals surface area contributed by atoms with Gasteiger partial charge in [-0.05, 0) is 32.1 Å². The molecule has 9 heteroatoms. The highest BCUT2D eigenvalue weighted by atomic mass is 16.6. The Morgan fingerprint density at radius 2 is 1.52 bits per heavy atom. The fourth-order valence-electron chi connectivity index (χ4n) is 2.83. The number of aldehydes is 1. The predicted molar refractivity (Wildman–Crippen MR) is 101 cm³/mol. The maximum absolute atomic E-state index is 11.2. The van der Waals surface area contributed by atoms with Crippen LogP contribution in [0.5, 0.6) is 0 Å². The molecule has 0 fully saturated rings. The molecule has 4 atom stereocenters. The molecule has 0 aromatic carbocycles. The lowest BCUT2D eigenvalue weighted by Gasteiger charge is -2.20. The molecule has 0 saturated heterocycles. The molecule has 0 rings (SSSR count). The number of carbonyl (C=O) groups excluding carboxylic acids is 1. The van der Waals surface area contributed by atoms with Crippen LogP contribution in [0.2, 0.25) is 0 Å². The number of allylic oxidation sites excluding steroid dienone is 1. The van der Waals surface area contributed by atoms with E-state index >= 15 is 0 Å². The van der Waals surface area contributed by atoms with Crippen molar-refractivity contribution < 1.29 is 24.9 Å². The van der Waals surface area contributed by atoms with E-state index in [2.05, 4.69) is 6.92 Å². The number of hydrogen-bond donors (Lipinski definition) is 2. The summed E-state index contributed by atoms with van der Waals surface area (Å²) in [6.45, 7) is 2.08. The SMILES string of the molecule is CCCCCC=CCC(O)C(CC(O)C(CCCCC=O)[N+](=O)[O-])[N+](=O)[O-]. The quantitative estimate of drug-likeness (QED) is 0.128. The predicted octanol–water partition coefficient (Wildman–Crippen LogP) is 2.67. The van der Waals surface area contributed by atoms with Crippen molar-refractivity contribution in [2.75, 3.05) is 0 Å². The normalized spacial score (nSPS) is 16.0. The van der Waals surface area contributed by atoms with E-state index in [1.807, 2.05) is 6.08 Å². The third kappa shape index (κ3) is 11.4. The Morgan fingerprint density at radius 1 is 0.889 bits per heavy atom. The van der Waals surface area contributed by atoms with Gasteiger partial charge in [0.25, 0.3) is 0 Å². The second-order valence-corrected chi connectivity index (χ2v) is 6.73. The largest absolute Gasteiger partial charge is 0.386 e. The zero-order valence-electron chi connectivity index (χ0n) is 15.9. The molecule has 0 aliphatic heterocycles. The molecule has 0 radical (unpaired) electrons. The fraction of sp³-hybridized carbons (Fsp3) is 0.833. The molecule has 2 N–H and O–H groups in total. The van der Waals surface area contributed by atoms with Crippen molar-refractivity contribution in [3.05, 3.63) is 32.4 Å².